The number of urea groups is 1. The van der Waals surface area contributed by atoms with Gasteiger partial charge in [-0.2, -0.15) is 0 Å². The topological polar surface area (TPSA) is 125 Å². The van der Waals surface area contributed by atoms with Crippen molar-refractivity contribution in [3.63, 3.8) is 0 Å². The number of primary amides is 1. The van der Waals surface area contributed by atoms with E-state index in [1.165, 1.54) is 9.21 Å². The first-order chi connectivity index (χ1) is 16.9. The maximum Gasteiger partial charge on any atom is 0.319 e. The highest BCUT2D eigenvalue weighted by Gasteiger charge is 2.48. The van der Waals surface area contributed by atoms with Gasteiger partial charge in [0.05, 0.1) is 5.75 Å². The highest BCUT2D eigenvalue weighted by molar-refractivity contribution is 7.89. The average Bonchev–Trinajstić information content (AvgIpc) is 3.14. The van der Waals surface area contributed by atoms with Crippen molar-refractivity contribution in [3.05, 3.63) is 28.8 Å². The van der Waals surface area contributed by atoms with Crippen LogP contribution in [0.2, 0.25) is 0 Å². The summed E-state index contributed by atoms with van der Waals surface area (Å²) in [5, 5.41) is 3.04. The Hall–Kier alpha value is -2.46. The van der Waals surface area contributed by atoms with Gasteiger partial charge in [0.1, 0.15) is 11.4 Å². The number of aliphatic imine (C=N–C) groups is 1. The first-order valence-corrected chi connectivity index (χ1v) is 14.5. The van der Waals surface area contributed by atoms with Crippen LogP contribution in [0.3, 0.4) is 0 Å². The first kappa shape index (κ1) is 26.6. The molecule has 1 aromatic carbocycles. The average molecular weight is 518 g/mol. The molecule has 3 N–H and O–H groups in total. The Morgan fingerprint density at radius 2 is 1.81 bits per heavy atom. The molecule has 1 aliphatic carbocycles. The predicted molar refractivity (Wildman–Crippen MR) is 142 cm³/mol. The van der Waals surface area contributed by atoms with E-state index in [0.717, 1.165) is 54.1 Å². The summed E-state index contributed by atoms with van der Waals surface area (Å²) in [7, 11) is -1.87. The first-order valence-electron chi connectivity index (χ1n) is 12.9. The van der Waals surface area contributed by atoms with Gasteiger partial charge in [-0.1, -0.05) is 25.8 Å². The van der Waals surface area contributed by atoms with E-state index < -0.39 is 21.6 Å². The van der Waals surface area contributed by atoms with Crippen LogP contribution in [0.15, 0.2) is 17.1 Å². The number of nitrogens with zero attached hydrogens (tertiary/aromatic N) is 3. The summed E-state index contributed by atoms with van der Waals surface area (Å²) in [6, 6.07) is 3.25. The van der Waals surface area contributed by atoms with Crippen LogP contribution in [0.25, 0.3) is 0 Å². The molecule has 36 heavy (non-hydrogen) atoms. The van der Waals surface area contributed by atoms with Crippen molar-refractivity contribution >= 4 is 33.5 Å². The summed E-state index contributed by atoms with van der Waals surface area (Å²) in [4.78, 5) is 30.7. The Morgan fingerprint density at radius 3 is 2.42 bits per heavy atom. The Labute approximate surface area is 214 Å². The van der Waals surface area contributed by atoms with Gasteiger partial charge in [0, 0.05) is 31.7 Å². The van der Waals surface area contributed by atoms with Crippen molar-refractivity contribution in [3.8, 4) is 0 Å². The van der Waals surface area contributed by atoms with E-state index in [0.29, 0.717) is 44.0 Å². The summed E-state index contributed by atoms with van der Waals surface area (Å²) in [5.74, 6) is 1.78. The molecular formula is C26H39N5O4S. The summed E-state index contributed by atoms with van der Waals surface area (Å²) < 4.78 is 27.8. The number of aryl methyl sites for hydroxylation is 3. The normalized spacial score (nSPS) is 24.4. The molecule has 0 aromatic heterocycles. The van der Waals surface area contributed by atoms with E-state index in [1.807, 2.05) is 26.0 Å². The lowest BCUT2D eigenvalue weighted by Crippen LogP contribution is -2.51. The molecule has 0 atom stereocenters. The fourth-order valence-corrected chi connectivity index (χ4v) is 7.20. The highest BCUT2D eigenvalue weighted by atomic mass is 32.2. The van der Waals surface area contributed by atoms with Crippen molar-refractivity contribution in [2.24, 2.45) is 22.6 Å². The van der Waals surface area contributed by atoms with Crippen molar-refractivity contribution < 1.29 is 18.0 Å². The van der Waals surface area contributed by atoms with Crippen LogP contribution >= 0.6 is 0 Å². The molecule has 3 aliphatic rings. The van der Waals surface area contributed by atoms with Gasteiger partial charge in [-0.25, -0.2) is 17.5 Å². The van der Waals surface area contributed by atoms with Crippen LogP contribution in [0, 0.1) is 25.7 Å². The highest BCUT2D eigenvalue weighted by Crippen LogP contribution is 2.36. The van der Waals surface area contributed by atoms with E-state index in [9.17, 15) is 18.0 Å². The molecule has 2 heterocycles. The molecule has 0 radical (unpaired) electrons. The van der Waals surface area contributed by atoms with Crippen LogP contribution in [-0.4, -0.2) is 61.9 Å². The number of nitrogens with two attached hydrogens (primary N) is 1. The number of hydrogen-bond acceptors (Lipinski definition) is 5. The molecule has 4 rings (SSSR count). The van der Waals surface area contributed by atoms with Crippen LogP contribution in [0.4, 0.5) is 10.5 Å². The number of piperidine rings is 1. The Kier molecular flexibility index (Phi) is 7.48. The minimum absolute atomic E-state index is 0.00768. The molecule has 2 fully saturated rings. The molecule has 9 nitrogen and oxygen atoms in total. The van der Waals surface area contributed by atoms with Crippen LogP contribution in [0.1, 0.15) is 62.1 Å². The molecule has 1 saturated carbocycles. The van der Waals surface area contributed by atoms with Crippen LogP contribution in [0.5, 0.6) is 0 Å². The number of nitrogens with one attached hydrogen (secondary N) is 1. The molecule has 0 unspecified atom stereocenters. The lowest BCUT2D eigenvalue weighted by Gasteiger charge is -2.34. The second-order valence-electron chi connectivity index (χ2n) is 10.9. The van der Waals surface area contributed by atoms with Gasteiger partial charge in [-0.05, 0) is 74.6 Å². The minimum atomic E-state index is -3.49. The number of carbonyl (C=O) groups is 2. The summed E-state index contributed by atoms with van der Waals surface area (Å²) in [5.41, 5.74) is 8.00. The third kappa shape index (κ3) is 5.29. The molecule has 3 amide bonds. The molecule has 1 aromatic rings. The zero-order valence-electron chi connectivity index (χ0n) is 21.8. The number of rotatable bonds is 6. The summed E-state index contributed by atoms with van der Waals surface area (Å²) >= 11 is 0. The van der Waals surface area contributed by atoms with Gasteiger partial charge in [0.15, 0.2) is 0 Å². The molecule has 2 aliphatic heterocycles. The van der Waals surface area contributed by atoms with E-state index in [1.54, 1.807) is 7.05 Å². The summed E-state index contributed by atoms with van der Waals surface area (Å²) in [6.07, 6.45) is 5.61. The second kappa shape index (κ2) is 10.1. The van der Waals surface area contributed by atoms with Gasteiger partial charge in [0.25, 0.3) is 5.91 Å². The number of carbonyl (C=O) groups excluding carboxylic acids is 2. The van der Waals surface area contributed by atoms with Gasteiger partial charge in [-0.15, -0.1) is 0 Å². The van der Waals surface area contributed by atoms with Crippen molar-refractivity contribution in [2.45, 2.75) is 71.3 Å². The van der Waals surface area contributed by atoms with Gasteiger partial charge in [0.2, 0.25) is 10.0 Å². The quantitative estimate of drug-likeness (QED) is 0.602. The lowest BCUT2D eigenvalue weighted by atomic mass is 9.82. The van der Waals surface area contributed by atoms with E-state index >= 15 is 0 Å². The van der Waals surface area contributed by atoms with Crippen LogP contribution in [-0.2, 0) is 21.2 Å². The Balaban J connectivity index is 1.38. The van der Waals surface area contributed by atoms with Crippen LogP contribution < -0.4 is 16.0 Å². The maximum absolute atomic E-state index is 13.2. The van der Waals surface area contributed by atoms with Crippen molar-refractivity contribution in [1.29, 1.82) is 0 Å². The number of sulfonamides is 1. The third-order valence-electron chi connectivity index (χ3n) is 8.32. The standard InChI is InChI=1S/C26H39N5O4S/c1-17-5-7-20(8-6-17)23-28-24(32)26(29-23)10-12-31(13-11-26)36(34,35)14-9-21-15-19(3)22(16-18(21)2)30(4)25(27)33/h15-17,20H,5-14H2,1-4H3,(H2,27,33)(H,28,29,32). The largest absolute Gasteiger partial charge is 0.351 e. The monoisotopic (exact) mass is 517 g/mol. The number of amidine groups is 1. The van der Waals surface area contributed by atoms with Crippen molar-refractivity contribution in [2.75, 3.05) is 30.8 Å². The maximum atomic E-state index is 13.2. The fourth-order valence-electron chi connectivity index (χ4n) is 5.72. The smallest absolute Gasteiger partial charge is 0.319 e. The number of amides is 3. The SMILES string of the molecule is Cc1cc(N(C)C(N)=O)c(C)cc1CCS(=O)(=O)N1CCC2(CC1)N=C(C1CCC(C)CC1)NC2=O. The van der Waals surface area contributed by atoms with Crippen molar-refractivity contribution in [1.82, 2.24) is 9.62 Å². The Bertz CT molecular complexity index is 1160. The predicted octanol–water partition coefficient (Wildman–Crippen LogP) is 2.88. The zero-order chi connectivity index (χ0) is 26.3. The zero-order valence-corrected chi connectivity index (χ0v) is 22.7. The van der Waals surface area contributed by atoms with Gasteiger partial charge >= 0.3 is 6.03 Å². The molecule has 1 spiro atoms. The van der Waals surface area contributed by atoms with E-state index in [2.05, 4.69) is 12.2 Å². The molecule has 0 bridgehead atoms. The molecule has 1 saturated heterocycles. The summed E-state index contributed by atoms with van der Waals surface area (Å²) in [6.45, 7) is 6.66. The molecule has 10 heteroatoms. The second-order valence-corrected chi connectivity index (χ2v) is 13.0. The number of anilines is 1. The number of hydrogen-bond donors (Lipinski definition) is 2. The van der Waals surface area contributed by atoms with Gasteiger partial charge in [-0.3, -0.25) is 14.7 Å². The third-order valence-corrected chi connectivity index (χ3v) is 10.2. The molecular weight excluding hydrogens is 478 g/mol. The minimum Gasteiger partial charge on any atom is -0.351 e. The van der Waals surface area contributed by atoms with E-state index in [-0.39, 0.29) is 11.7 Å². The Morgan fingerprint density at radius 1 is 1.17 bits per heavy atom. The van der Waals surface area contributed by atoms with E-state index in [4.69, 9.17) is 10.7 Å². The molecule has 198 valence electrons. The lowest BCUT2D eigenvalue weighted by molar-refractivity contribution is -0.125. The van der Waals surface area contributed by atoms with Gasteiger partial charge < -0.3 is 11.1 Å². The number of benzene rings is 1. The fraction of sp³-hybridized carbons (Fsp3) is 0.654.